The molecule has 1 unspecified atom stereocenters. The van der Waals surface area contributed by atoms with E-state index in [2.05, 4.69) is 10.3 Å². The van der Waals surface area contributed by atoms with Crippen LogP contribution in [0.4, 0.5) is 23.7 Å². The molecule has 7 nitrogen and oxygen atoms in total. The summed E-state index contributed by atoms with van der Waals surface area (Å²) in [7, 11) is 0. The predicted molar refractivity (Wildman–Crippen MR) is 94.8 cm³/mol. The van der Waals surface area contributed by atoms with E-state index < -0.39 is 29.5 Å². The van der Waals surface area contributed by atoms with Gasteiger partial charge < -0.3 is 20.7 Å². The Labute approximate surface area is 160 Å². The molecule has 28 heavy (non-hydrogen) atoms. The lowest BCUT2D eigenvalue weighted by atomic mass is 10.1. The number of nitrogens with zero attached hydrogens (tertiary/aromatic N) is 2. The van der Waals surface area contributed by atoms with Crippen molar-refractivity contribution in [3.63, 3.8) is 0 Å². The first kappa shape index (κ1) is 20.2. The van der Waals surface area contributed by atoms with Crippen LogP contribution in [0.2, 0.25) is 0 Å². The Morgan fingerprint density at radius 2 is 2.11 bits per heavy atom. The number of alkyl halides is 3. The molecule has 2 fully saturated rings. The van der Waals surface area contributed by atoms with Crippen molar-refractivity contribution in [3.8, 4) is 0 Å². The second-order valence-electron chi connectivity index (χ2n) is 7.73. The molecule has 1 aliphatic carbocycles. The van der Waals surface area contributed by atoms with Gasteiger partial charge in [0.05, 0.1) is 17.8 Å². The third kappa shape index (κ3) is 4.48. The van der Waals surface area contributed by atoms with Gasteiger partial charge in [-0.3, -0.25) is 9.78 Å². The van der Waals surface area contributed by atoms with Crippen molar-refractivity contribution in [3.05, 3.63) is 23.5 Å². The van der Waals surface area contributed by atoms with Gasteiger partial charge in [-0.15, -0.1) is 0 Å². The van der Waals surface area contributed by atoms with Crippen LogP contribution < -0.4 is 16.0 Å². The lowest BCUT2D eigenvalue weighted by Crippen LogP contribution is -2.38. The van der Waals surface area contributed by atoms with Crippen LogP contribution in [0.15, 0.2) is 12.3 Å². The van der Waals surface area contributed by atoms with E-state index in [1.54, 1.807) is 11.8 Å². The van der Waals surface area contributed by atoms with Gasteiger partial charge in [-0.05, 0) is 38.7 Å². The topological polar surface area (TPSA) is 97.6 Å². The highest BCUT2D eigenvalue weighted by Gasteiger charge is 2.40. The summed E-state index contributed by atoms with van der Waals surface area (Å²) in [6, 6.07) is 0.803. The van der Waals surface area contributed by atoms with Gasteiger partial charge in [0.1, 0.15) is 11.3 Å². The summed E-state index contributed by atoms with van der Waals surface area (Å²) in [6.45, 7) is 3.96. The van der Waals surface area contributed by atoms with E-state index in [9.17, 15) is 22.8 Å². The lowest BCUT2D eigenvalue weighted by molar-refractivity contribution is -0.141. The Bertz CT molecular complexity index is 782. The SMILES string of the molecule is CC(NC(=O)c1cnc(C(F)(F)F)cc1N1CC[C@](C)(OC(N)=O)C1)C1CC1. The summed E-state index contributed by atoms with van der Waals surface area (Å²) in [6.07, 6.45) is -2.22. The molecule has 1 saturated heterocycles. The Kier molecular flexibility index (Phi) is 5.16. The average Bonchev–Trinajstić information content (AvgIpc) is 3.36. The molecule has 154 valence electrons. The van der Waals surface area contributed by atoms with Crippen molar-refractivity contribution < 1.29 is 27.5 Å². The van der Waals surface area contributed by atoms with Crippen molar-refractivity contribution in [1.82, 2.24) is 10.3 Å². The number of anilines is 1. The van der Waals surface area contributed by atoms with Gasteiger partial charge in [0, 0.05) is 25.2 Å². The lowest BCUT2D eigenvalue weighted by Gasteiger charge is -2.26. The van der Waals surface area contributed by atoms with Gasteiger partial charge in [-0.1, -0.05) is 0 Å². The molecule has 0 spiro atoms. The molecule has 2 amide bonds. The Balaban J connectivity index is 1.90. The monoisotopic (exact) mass is 400 g/mol. The van der Waals surface area contributed by atoms with Crippen LogP contribution in [0, 0.1) is 5.92 Å². The predicted octanol–water partition coefficient (Wildman–Crippen LogP) is 2.69. The fourth-order valence-electron chi connectivity index (χ4n) is 3.50. The van der Waals surface area contributed by atoms with Crippen molar-refractivity contribution in [2.24, 2.45) is 11.7 Å². The van der Waals surface area contributed by atoms with Gasteiger partial charge >= 0.3 is 12.3 Å². The minimum Gasteiger partial charge on any atom is -0.441 e. The number of ether oxygens (including phenoxy) is 1. The highest BCUT2D eigenvalue weighted by Crippen LogP contribution is 2.36. The molecule has 2 atom stereocenters. The minimum absolute atomic E-state index is 0.0591. The molecule has 0 radical (unpaired) electrons. The maximum Gasteiger partial charge on any atom is 0.433 e. The smallest absolute Gasteiger partial charge is 0.433 e. The van der Waals surface area contributed by atoms with E-state index in [-0.39, 0.29) is 23.8 Å². The molecule has 3 N–H and O–H groups in total. The van der Waals surface area contributed by atoms with E-state index in [1.165, 1.54) is 0 Å². The standard InChI is InChI=1S/C18H23F3N4O3/c1-10(11-3-4-11)24-15(26)12-8-23-14(18(19,20)21)7-13(12)25-6-5-17(2,9-25)28-16(22)27/h7-8,10-11H,3-6,9H2,1-2H3,(H2,22,27)(H,24,26)/t10?,17-/m0/s1. The summed E-state index contributed by atoms with van der Waals surface area (Å²) >= 11 is 0. The van der Waals surface area contributed by atoms with Crippen LogP contribution >= 0.6 is 0 Å². The Morgan fingerprint density at radius 1 is 1.43 bits per heavy atom. The average molecular weight is 400 g/mol. The third-order valence-corrected chi connectivity index (χ3v) is 5.23. The summed E-state index contributed by atoms with van der Waals surface area (Å²) in [5.41, 5.74) is 3.23. The van der Waals surface area contributed by atoms with Crippen LogP contribution in [-0.2, 0) is 10.9 Å². The molecular weight excluding hydrogens is 377 g/mol. The van der Waals surface area contributed by atoms with Crippen molar-refractivity contribution in [2.75, 3.05) is 18.0 Å². The van der Waals surface area contributed by atoms with Gasteiger partial charge in [0.2, 0.25) is 0 Å². The quantitative estimate of drug-likeness (QED) is 0.792. The van der Waals surface area contributed by atoms with E-state index in [1.807, 2.05) is 6.92 Å². The molecule has 1 aromatic heterocycles. The summed E-state index contributed by atoms with van der Waals surface area (Å²) in [5, 5.41) is 2.84. The van der Waals surface area contributed by atoms with E-state index >= 15 is 0 Å². The van der Waals surface area contributed by atoms with Crippen molar-refractivity contribution in [1.29, 1.82) is 0 Å². The Hall–Kier alpha value is -2.52. The zero-order valence-electron chi connectivity index (χ0n) is 15.7. The van der Waals surface area contributed by atoms with E-state index in [4.69, 9.17) is 10.5 Å². The number of amides is 2. The molecule has 0 aromatic carbocycles. The van der Waals surface area contributed by atoms with Crippen LogP contribution in [0.5, 0.6) is 0 Å². The second-order valence-corrected chi connectivity index (χ2v) is 7.73. The number of nitrogens with two attached hydrogens (primary N) is 1. The van der Waals surface area contributed by atoms with E-state index in [0.717, 1.165) is 25.1 Å². The first-order valence-corrected chi connectivity index (χ1v) is 9.10. The van der Waals surface area contributed by atoms with Crippen LogP contribution in [0.25, 0.3) is 0 Å². The molecule has 0 bridgehead atoms. The maximum absolute atomic E-state index is 13.2. The van der Waals surface area contributed by atoms with Gasteiger partial charge in [0.25, 0.3) is 5.91 Å². The van der Waals surface area contributed by atoms with Gasteiger partial charge in [-0.25, -0.2) is 4.79 Å². The maximum atomic E-state index is 13.2. The number of pyridine rings is 1. The third-order valence-electron chi connectivity index (χ3n) is 5.23. The number of carbonyl (C=O) groups excluding carboxylic acids is 2. The molecule has 1 aromatic rings. The highest BCUT2D eigenvalue weighted by molar-refractivity contribution is 5.99. The number of nitrogens with one attached hydrogen (secondary N) is 1. The molecule has 2 aliphatic rings. The number of rotatable bonds is 5. The number of hydrogen-bond donors (Lipinski definition) is 2. The molecule has 1 saturated carbocycles. The minimum atomic E-state index is -4.64. The fraction of sp³-hybridized carbons (Fsp3) is 0.611. The first-order valence-electron chi connectivity index (χ1n) is 9.10. The zero-order chi connectivity index (χ0) is 20.7. The molecule has 3 rings (SSSR count). The van der Waals surface area contributed by atoms with E-state index in [0.29, 0.717) is 18.9 Å². The molecule has 10 heteroatoms. The number of aromatic nitrogens is 1. The van der Waals surface area contributed by atoms with Crippen molar-refractivity contribution >= 4 is 17.7 Å². The number of halogens is 3. The van der Waals surface area contributed by atoms with Crippen LogP contribution in [0.1, 0.15) is 49.2 Å². The molecular formula is C18H23F3N4O3. The zero-order valence-corrected chi connectivity index (χ0v) is 15.7. The summed E-state index contributed by atoms with van der Waals surface area (Å²) < 4.78 is 44.6. The summed E-state index contributed by atoms with van der Waals surface area (Å²) in [5.74, 6) is -0.0751. The number of carbonyl (C=O) groups is 2. The fourth-order valence-corrected chi connectivity index (χ4v) is 3.50. The summed E-state index contributed by atoms with van der Waals surface area (Å²) in [4.78, 5) is 28.8. The molecule has 1 aliphatic heterocycles. The highest BCUT2D eigenvalue weighted by atomic mass is 19.4. The largest absolute Gasteiger partial charge is 0.441 e. The second kappa shape index (κ2) is 7.14. The van der Waals surface area contributed by atoms with Crippen LogP contribution in [-0.4, -0.2) is 41.7 Å². The molecule has 2 heterocycles. The van der Waals surface area contributed by atoms with Crippen molar-refractivity contribution in [2.45, 2.75) is 50.9 Å². The van der Waals surface area contributed by atoms with Gasteiger partial charge in [0.15, 0.2) is 0 Å². The number of hydrogen-bond acceptors (Lipinski definition) is 5. The van der Waals surface area contributed by atoms with Crippen LogP contribution in [0.3, 0.4) is 0 Å². The normalized spacial score (nSPS) is 23.4. The first-order chi connectivity index (χ1) is 13.0. The number of primary amides is 1. The van der Waals surface area contributed by atoms with Gasteiger partial charge in [-0.2, -0.15) is 13.2 Å². The Morgan fingerprint density at radius 3 is 2.68 bits per heavy atom.